The molecule has 1 aromatic carbocycles. The summed E-state index contributed by atoms with van der Waals surface area (Å²) >= 11 is 0. The largest absolute Gasteiger partial charge is 0.416 e. The summed E-state index contributed by atoms with van der Waals surface area (Å²) in [7, 11) is 0. The van der Waals surface area contributed by atoms with Gasteiger partial charge in [-0.3, -0.25) is 9.78 Å². The van der Waals surface area contributed by atoms with Crippen molar-refractivity contribution in [3.8, 4) is 11.8 Å². The van der Waals surface area contributed by atoms with Crippen molar-refractivity contribution in [1.82, 2.24) is 15.2 Å². The third-order valence-corrected chi connectivity index (χ3v) is 4.24. The summed E-state index contributed by atoms with van der Waals surface area (Å²) < 4.78 is 52.6. The second-order valence-corrected chi connectivity index (χ2v) is 6.76. The van der Waals surface area contributed by atoms with Crippen LogP contribution in [-0.2, 0) is 17.4 Å². The Bertz CT molecular complexity index is 1170. The van der Waals surface area contributed by atoms with Gasteiger partial charge in [-0.2, -0.15) is 13.2 Å². The van der Waals surface area contributed by atoms with Gasteiger partial charge in [0.2, 0.25) is 5.91 Å². The lowest BCUT2D eigenvalue weighted by molar-refractivity contribution is -0.137. The first kappa shape index (κ1) is 22.7. The van der Waals surface area contributed by atoms with Gasteiger partial charge in [0.05, 0.1) is 24.2 Å². The van der Waals surface area contributed by atoms with Crippen molar-refractivity contribution in [1.29, 1.82) is 0 Å². The molecule has 0 radical (unpaired) electrons. The van der Waals surface area contributed by atoms with E-state index in [2.05, 4.69) is 27.0 Å². The molecule has 0 spiro atoms. The Kier molecular flexibility index (Phi) is 6.68. The second kappa shape index (κ2) is 9.43. The topological polar surface area (TPSA) is 85.0 Å². The highest BCUT2D eigenvalue weighted by Crippen LogP contribution is 2.30. The normalized spacial score (nSPS) is 10.9. The molecule has 0 aliphatic carbocycles. The van der Waals surface area contributed by atoms with E-state index in [0.29, 0.717) is 11.4 Å². The van der Waals surface area contributed by atoms with Gasteiger partial charge in [-0.25, -0.2) is 4.39 Å². The summed E-state index contributed by atoms with van der Waals surface area (Å²) in [4.78, 5) is 18.2. The van der Waals surface area contributed by atoms with E-state index in [0.717, 1.165) is 12.1 Å². The minimum Gasteiger partial charge on any atom is -0.382 e. The maximum absolute atomic E-state index is 13.3. The van der Waals surface area contributed by atoms with Crippen LogP contribution in [0.25, 0.3) is 0 Å². The molecule has 3 rings (SSSR count). The zero-order chi connectivity index (χ0) is 23.3. The predicted molar refractivity (Wildman–Crippen MR) is 110 cm³/mol. The Morgan fingerprint density at radius 2 is 1.81 bits per heavy atom. The summed E-state index contributed by atoms with van der Waals surface area (Å²) in [6.07, 6.45) is -4.96. The van der Waals surface area contributed by atoms with Crippen LogP contribution in [0.5, 0.6) is 0 Å². The quantitative estimate of drug-likeness (QED) is 0.493. The summed E-state index contributed by atoms with van der Waals surface area (Å²) in [6.45, 7) is 1.30. The van der Waals surface area contributed by atoms with Crippen molar-refractivity contribution in [2.45, 2.75) is 19.5 Å². The fraction of sp³-hybridized carbons (Fsp3) is 0.182. The van der Waals surface area contributed by atoms with Crippen molar-refractivity contribution in [2.75, 3.05) is 17.2 Å². The van der Waals surface area contributed by atoms with E-state index in [9.17, 15) is 22.4 Å². The third kappa shape index (κ3) is 6.01. The van der Waals surface area contributed by atoms with Gasteiger partial charge in [0, 0.05) is 11.4 Å². The zero-order valence-electron chi connectivity index (χ0n) is 16.8. The average molecular weight is 443 g/mol. The smallest absolute Gasteiger partial charge is 0.382 e. The molecule has 2 aromatic heterocycles. The molecule has 2 N–H and O–H groups in total. The van der Waals surface area contributed by atoms with E-state index >= 15 is 0 Å². The first-order valence-corrected chi connectivity index (χ1v) is 9.30. The lowest BCUT2D eigenvalue weighted by Crippen LogP contribution is -2.33. The van der Waals surface area contributed by atoms with Gasteiger partial charge >= 0.3 is 6.18 Å². The number of nitrogens with zero attached hydrogens (tertiary/aromatic N) is 4. The van der Waals surface area contributed by atoms with Gasteiger partial charge in [-0.05, 0) is 61.4 Å². The minimum atomic E-state index is -4.56. The molecule has 3 aromatic rings. The van der Waals surface area contributed by atoms with Crippen molar-refractivity contribution < 1.29 is 22.4 Å². The van der Waals surface area contributed by atoms with Crippen LogP contribution in [0, 0.1) is 24.6 Å². The highest BCUT2D eigenvalue weighted by molar-refractivity contribution is 5.95. The number of nitrogen functional groups attached to an aromatic ring is 1. The van der Waals surface area contributed by atoms with Crippen molar-refractivity contribution in [2.24, 2.45) is 0 Å². The molecule has 0 bridgehead atoms. The Balaban J connectivity index is 1.86. The second-order valence-electron chi connectivity index (χ2n) is 6.76. The highest BCUT2D eigenvalue weighted by atomic mass is 19.4. The number of halogens is 4. The number of amides is 1. The van der Waals surface area contributed by atoms with Gasteiger partial charge in [0.15, 0.2) is 0 Å². The van der Waals surface area contributed by atoms with Crippen molar-refractivity contribution in [3.63, 3.8) is 0 Å². The molecule has 2 heterocycles. The average Bonchev–Trinajstić information content (AvgIpc) is 2.72. The lowest BCUT2D eigenvalue weighted by atomic mass is 10.1. The number of carbonyl (C=O) groups excluding carboxylic acids is 1. The Morgan fingerprint density at radius 3 is 2.44 bits per heavy atom. The molecule has 10 heteroatoms. The fourth-order valence-corrected chi connectivity index (χ4v) is 2.80. The summed E-state index contributed by atoms with van der Waals surface area (Å²) in [6, 6.07) is 9.90. The van der Waals surface area contributed by atoms with Gasteiger partial charge in [-0.1, -0.05) is 5.92 Å². The number of rotatable bonds is 4. The Labute approximate surface area is 181 Å². The standard InChI is InChI=1S/C22H17F4N5O/c1-14-11-15(22(24,25)26)12-18(28-14)13-21(32)31(19-7-4-16(23)5-8-19)10-2-3-17-6-9-20(27)30-29-17/h4-9,11-12H,10,13H2,1H3,(H2,27,30). The molecule has 0 aliphatic rings. The molecule has 32 heavy (non-hydrogen) atoms. The van der Waals surface area contributed by atoms with E-state index in [1.54, 1.807) is 6.07 Å². The summed E-state index contributed by atoms with van der Waals surface area (Å²) in [5.41, 5.74) is 5.34. The maximum atomic E-state index is 13.3. The number of pyridine rings is 1. The van der Waals surface area contributed by atoms with Gasteiger partial charge in [-0.15, -0.1) is 10.2 Å². The fourth-order valence-electron chi connectivity index (χ4n) is 2.80. The van der Waals surface area contributed by atoms with E-state index in [1.165, 1.54) is 42.2 Å². The molecule has 0 unspecified atom stereocenters. The van der Waals surface area contributed by atoms with E-state index < -0.39 is 29.9 Å². The van der Waals surface area contributed by atoms with E-state index in [-0.39, 0.29) is 23.8 Å². The highest BCUT2D eigenvalue weighted by Gasteiger charge is 2.31. The Hall–Kier alpha value is -4.00. The van der Waals surface area contributed by atoms with Crippen LogP contribution in [0.4, 0.5) is 29.1 Å². The number of alkyl halides is 3. The number of aryl methyl sites for hydroxylation is 1. The van der Waals surface area contributed by atoms with Crippen LogP contribution in [0.2, 0.25) is 0 Å². The summed E-state index contributed by atoms with van der Waals surface area (Å²) in [5.74, 6) is 4.66. The number of anilines is 2. The van der Waals surface area contributed by atoms with Gasteiger partial charge < -0.3 is 10.6 Å². The van der Waals surface area contributed by atoms with Crippen LogP contribution in [-0.4, -0.2) is 27.6 Å². The number of hydrogen-bond donors (Lipinski definition) is 1. The van der Waals surface area contributed by atoms with Crippen LogP contribution >= 0.6 is 0 Å². The van der Waals surface area contributed by atoms with E-state index in [4.69, 9.17) is 5.73 Å². The van der Waals surface area contributed by atoms with E-state index in [1.807, 2.05) is 0 Å². The number of aromatic nitrogens is 3. The third-order valence-electron chi connectivity index (χ3n) is 4.24. The zero-order valence-corrected chi connectivity index (χ0v) is 16.8. The van der Waals surface area contributed by atoms with Crippen LogP contribution in [0.1, 0.15) is 22.6 Å². The number of hydrogen-bond acceptors (Lipinski definition) is 5. The first-order valence-electron chi connectivity index (χ1n) is 9.30. The monoisotopic (exact) mass is 443 g/mol. The van der Waals surface area contributed by atoms with Crippen molar-refractivity contribution >= 4 is 17.4 Å². The molecule has 6 nitrogen and oxygen atoms in total. The molecule has 0 saturated carbocycles. The predicted octanol–water partition coefficient (Wildman–Crippen LogP) is 3.55. The van der Waals surface area contributed by atoms with Crippen molar-refractivity contribution in [3.05, 3.63) is 77.0 Å². The van der Waals surface area contributed by atoms with Crippen LogP contribution in [0.3, 0.4) is 0 Å². The first-order chi connectivity index (χ1) is 15.1. The minimum absolute atomic E-state index is 0.0354. The molecule has 0 atom stereocenters. The van der Waals surface area contributed by atoms with Gasteiger partial charge in [0.25, 0.3) is 0 Å². The molecule has 0 fully saturated rings. The molecular weight excluding hydrogens is 426 g/mol. The molecule has 0 aliphatic heterocycles. The molecule has 1 amide bonds. The number of carbonyl (C=O) groups is 1. The maximum Gasteiger partial charge on any atom is 0.416 e. The van der Waals surface area contributed by atoms with Crippen LogP contribution in [0.15, 0.2) is 48.5 Å². The lowest BCUT2D eigenvalue weighted by Gasteiger charge is -2.20. The Morgan fingerprint density at radius 1 is 1.09 bits per heavy atom. The SMILES string of the molecule is Cc1cc(C(F)(F)F)cc(CC(=O)N(CC#Cc2ccc(N)nn2)c2ccc(F)cc2)n1. The number of nitrogens with two attached hydrogens (primary N) is 1. The molecule has 164 valence electrons. The summed E-state index contributed by atoms with van der Waals surface area (Å²) in [5, 5.41) is 7.47. The van der Waals surface area contributed by atoms with Crippen LogP contribution < -0.4 is 10.6 Å². The van der Waals surface area contributed by atoms with Gasteiger partial charge in [0.1, 0.15) is 17.3 Å². The number of benzene rings is 1. The molecular formula is C22H17F4N5O. The molecule has 0 saturated heterocycles.